The van der Waals surface area contributed by atoms with Gasteiger partial charge in [0, 0.05) is 22.8 Å². The van der Waals surface area contributed by atoms with Crippen LogP contribution in [0.3, 0.4) is 0 Å². The lowest BCUT2D eigenvalue weighted by molar-refractivity contribution is -0.137. The molecule has 2 heterocycles. The molecule has 0 N–H and O–H groups in total. The normalized spacial score (nSPS) is 12.4. The van der Waals surface area contributed by atoms with E-state index in [0.717, 1.165) is 34.3 Å². The molecule has 0 saturated heterocycles. The SMILES string of the molecule is CC(C)(C)c1cc(-c2ccc(-c3cc(C(F)(F)F)c(C#N)c(=O)n3Cc3ccc(F)cc3F)s2)cc(S(C)(=O)=O)c1. The monoisotopic (exact) mass is 606 g/mol. The number of nitriles is 1. The van der Waals surface area contributed by atoms with E-state index in [1.165, 1.54) is 18.2 Å². The van der Waals surface area contributed by atoms with E-state index < -0.39 is 56.3 Å². The number of thiophene rings is 1. The summed E-state index contributed by atoms with van der Waals surface area (Å²) in [6, 6.07) is 12.4. The van der Waals surface area contributed by atoms with Crippen LogP contribution in [-0.2, 0) is 28.0 Å². The van der Waals surface area contributed by atoms with Crippen LogP contribution in [0.1, 0.15) is 43.0 Å². The molecule has 0 radical (unpaired) electrons. The smallest absolute Gasteiger partial charge is 0.302 e. The van der Waals surface area contributed by atoms with E-state index >= 15 is 0 Å². The molecule has 0 unspecified atom stereocenters. The molecule has 4 rings (SSSR count). The van der Waals surface area contributed by atoms with Gasteiger partial charge >= 0.3 is 6.18 Å². The van der Waals surface area contributed by atoms with Crippen LogP contribution in [0.5, 0.6) is 0 Å². The lowest BCUT2D eigenvalue weighted by atomic mass is 9.86. The van der Waals surface area contributed by atoms with Gasteiger partial charge in [-0.25, -0.2) is 17.2 Å². The molecule has 0 amide bonds. The van der Waals surface area contributed by atoms with Crippen LogP contribution in [0.2, 0.25) is 0 Å². The highest BCUT2D eigenvalue weighted by atomic mass is 32.2. The molecule has 0 aliphatic rings. The Hall–Kier alpha value is -3.82. The minimum Gasteiger partial charge on any atom is -0.302 e. The summed E-state index contributed by atoms with van der Waals surface area (Å²) < 4.78 is 95.3. The average molecular weight is 607 g/mol. The highest BCUT2D eigenvalue weighted by Gasteiger charge is 2.37. The minimum atomic E-state index is -5.04. The maximum Gasteiger partial charge on any atom is 0.417 e. The number of hydrogen-bond acceptors (Lipinski definition) is 5. The molecule has 4 aromatic rings. The van der Waals surface area contributed by atoms with Crippen LogP contribution in [0.25, 0.3) is 21.0 Å². The first-order valence-electron chi connectivity index (χ1n) is 12.1. The van der Waals surface area contributed by atoms with E-state index in [0.29, 0.717) is 28.1 Å². The number of alkyl halides is 3. The lowest BCUT2D eigenvalue weighted by Crippen LogP contribution is -2.28. The summed E-state index contributed by atoms with van der Waals surface area (Å²) in [5.41, 5.74) is -3.52. The third kappa shape index (κ3) is 6.26. The Morgan fingerprint density at radius 2 is 1.61 bits per heavy atom. The van der Waals surface area contributed by atoms with Gasteiger partial charge in [-0.2, -0.15) is 18.4 Å². The third-order valence-electron chi connectivity index (χ3n) is 6.40. The standard InChI is InChI=1S/C29H23F5N2O3S2/c1-28(2,3)18-9-17(10-20(11-18)41(4,38)39)25-7-8-26(40-25)24-13-22(29(32,33)34)21(14-35)27(37)36(24)15-16-5-6-19(30)12-23(16)31/h5-13H,15H2,1-4H3. The molecule has 0 spiro atoms. The number of benzene rings is 2. The average Bonchev–Trinajstić information content (AvgIpc) is 3.34. The van der Waals surface area contributed by atoms with E-state index in [-0.39, 0.29) is 21.0 Å². The quantitative estimate of drug-likeness (QED) is 0.226. The zero-order valence-corrected chi connectivity index (χ0v) is 23.9. The van der Waals surface area contributed by atoms with Gasteiger partial charge in [0.05, 0.1) is 27.6 Å². The molecule has 0 bridgehead atoms. The molecule has 41 heavy (non-hydrogen) atoms. The fraction of sp³-hybridized carbons (Fsp3) is 0.241. The molecule has 0 aliphatic carbocycles. The van der Waals surface area contributed by atoms with E-state index in [1.54, 1.807) is 18.2 Å². The fourth-order valence-corrected chi connectivity index (χ4v) is 5.88. The third-order valence-corrected chi connectivity index (χ3v) is 8.65. The highest BCUT2D eigenvalue weighted by Crippen LogP contribution is 2.40. The van der Waals surface area contributed by atoms with Gasteiger partial charge in [0.15, 0.2) is 9.84 Å². The number of rotatable bonds is 5. The van der Waals surface area contributed by atoms with Crippen molar-refractivity contribution < 1.29 is 30.4 Å². The van der Waals surface area contributed by atoms with Gasteiger partial charge in [0.25, 0.3) is 5.56 Å². The van der Waals surface area contributed by atoms with Crippen LogP contribution >= 0.6 is 11.3 Å². The number of halogens is 5. The second-order valence-electron chi connectivity index (χ2n) is 10.5. The van der Waals surface area contributed by atoms with Crippen LogP contribution in [0, 0.1) is 23.0 Å². The van der Waals surface area contributed by atoms with Gasteiger partial charge in [-0.15, -0.1) is 11.3 Å². The summed E-state index contributed by atoms with van der Waals surface area (Å²) in [5, 5.41) is 9.41. The largest absolute Gasteiger partial charge is 0.417 e. The second kappa shape index (κ2) is 10.5. The molecule has 0 saturated carbocycles. The number of nitrogens with zero attached hydrogens (tertiary/aromatic N) is 2. The Balaban J connectivity index is 1.97. The van der Waals surface area contributed by atoms with Crippen LogP contribution in [-0.4, -0.2) is 19.2 Å². The summed E-state index contributed by atoms with van der Waals surface area (Å²) in [7, 11) is -3.60. The second-order valence-corrected chi connectivity index (χ2v) is 13.6. The fourth-order valence-electron chi connectivity index (χ4n) is 4.18. The molecule has 0 fully saturated rings. The van der Waals surface area contributed by atoms with Gasteiger partial charge in [-0.1, -0.05) is 26.8 Å². The van der Waals surface area contributed by atoms with Gasteiger partial charge in [0.1, 0.15) is 23.3 Å². The van der Waals surface area contributed by atoms with E-state index in [1.807, 2.05) is 20.8 Å². The minimum absolute atomic E-state index is 0.0660. The van der Waals surface area contributed by atoms with Gasteiger partial charge in [-0.3, -0.25) is 4.79 Å². The number of aromatic nitrogens is 1. The van der Waals surface area contributed by atoms with Crippen molar-refractivity contribution in [2.24, 2.45) is 0 Å². The van der Waals surface area contributed by atoms with Crippen molar-refractivity contribution in [2.75, 3.05) is 6.26 Å². The predicted octanol–water partition coefficient (Wildman–Crippen LogP) is 7.16. The van der Waals surface area contributed by atoms with Crippen molar-refractivity contribution in [1.82, 2.24) is 4.57 Å². The molecule has 0 aliphatic heterocycles. The Bertz CT molecular complexity index is 1880. The first kappa shape index (κ1) is 30.1. The molecule has 0 atom stereocenters. The molecular weight excluding hydrogens is 583 g/mol. The lowest BCUT2D eigenvalue weighted by Gasteiger charge is -2.21. The van der Waals surface area contributed by atoms with Crippen LogP contribution in [0.4, 0.5) is 22.0 Å². The van der Waals surface area contributed by atoms with Crippen molar-refractivity contribution in [3.63, 3.8) is 0 Å². The molecule has 2 aromatic heterocycles. The first-order valence-corrected chi connectivity index (χ1v) is 14.8. The van der Waals surface area contributed by atoms with E-state index in [4.69, 9.17) is 0 Å². The predicted molar refractivity (Wildman–Crippen MR) is 146 cm³/mol. The Morgan fingerprint density at radius 3 is 2.17 bits per heavy atom. The Morgan fingerprint density at radius 1 is 0.951 bits per heavy atom. The number of pyridine rings is 1. The topological polar surface area (TPSA) is 79.9 Å². The van der Waals surface area contributed by atoms with Crippen molar-refractivity contribution in [1.29, 1.82) is 5.26 Å². The summed E-state index contributed by atoms with van der Waals surface area (Å²) in [6.45, 7) is 5.14. The van der Waals surface area contributed by atoms with E-state index in [9.17, 15) is 40.4 Å². The molecule has 2 aromatic carbocycles. The molecular formula is C29H23F5N2O3S2. The maximum absolute atomic E-state index is 14.5. The van der Waals surface area contributed by atoms with Crippen molar-refractivity contribution in [3.8, 4) is 27.1 Å². The van der Waals surface area contributed by atoms with Gasteiger partial charge in [0.2, 0.25) is 0 Å². The zero-order chi connectivity index (χ0) is 30.5. The maximum atomic E-state index is 14.5. The molecule has 12 heteroatoms. The Labute approximate surface area is 237 Å². The van der Waals surface area contributed by atoms with Crippen molar-refractivity contribution in [2.45, 2.75) is 43.8 Å². The van der Waals surface area contributed by atoms with Gasteiger partial charge in [-0.05, 0) is 59.0 Å². The highest BCUT2D eigenvalue weighted by molar-refractivity contribution is 7.90. The summed E-state index contributed by atoms with van der Waals surface area (Å²) in [4.78, 5) is 14.0. The first-order chi connectivity index (χ1) is 18.9. The Kier molecular flexibility index (Phi) is 7.75. The summed E-state index contributed by atoms with van der Waals surface area (Å²) in [6.07, 6.45) is -3.97. The molecule has 5 nitrogen and oxygen atoms in total. The van der Waals surface area contributed by atoms with Crippen LogP contribution in [0.15, 0.2) is 64.3 Å². The molecule has 214 valence electrons. The van der Waals surface area contributed by atoms with Gasteiger partial charge < -0.3 is 4.57 Å². The summed E-state index contributed by atoms with van der Waals surface area (Å²) >= 11 is 0.992. The number of hydrogen-bond donors (Lipinski definition) is 0. The van der Waals surface area contributed by atoms with Crippen molar-refractivity contribution >= 4 is 21.2 Å². The van der Waals surface area contributed by atoms with Crippen LogP contribution < -0.4 is 5.56 Å². The number of sulfone groups is 1. The summed E-state index contributed by atoms with van der Waals surface area (Å²) in [5.74, 6) is -1.89. The zero-order valence-electron chi connectivity index (χ0n) is 22.2. The van der Waals surface area contributed by atoms with Crippen molar-refractivity contribution in [3.05, 3.63) is 98.8 Å². The van der Waals surface area contributed by atoms with E-state index in [2.05, 4.69) is 0 Å².